The topological polar surface area (TPSA) is 9.23 Å². The molecule has 0 N–H and O–H groups in total. The molecule has 1 aromatic rings. The lowest BCUT2D eigenvalue weighted by Crippen LogP contribution is -2.17. The zero-order chi connectivity index (χ0) is 12.3. The summed E-state index contributed by atoms with van der Waals surface area (Å²) in [4.78, 5) is 0.289. The molecular weight excluding hydrogens is 332 g/mol. The Balaban J connectivity index is 3.16. The van der Waals surface area contributed by atoms with Crippen molar-refractivity contribution in [3.63, 3.8) is 0 Å². The van der Waals surface area contributed by atoms with Gasteiger partial charge in [0.2, 0.25) is 0 Å². The van der Waals surface area contributed by atoms with Gasteiger partial charge >= 0.3 is 0 Å². The minimum absolute atomic E-state index is 0.202. The van der Waals surface area contributed by atoms with Crippen molar-refractivity contribution in [1.82, 2.24) is 0 Å². The number of hydrogen-bond acceptors (Lipinski definition) is 1. The molecule has 0 fully saturated rings. The van der Waals surface area contributed by atoms with Crippen LogP contribution in [0.1, 0.15) is 37.6 Å². The maximum atomic E-state index is 5.41. The molecule has 0 bridgehead atoms. The molecule has 3 heteroatoms. The van der Waals surface area contributed by atoms with E-state index in [4.69, 9.17) is 4.74 Å². The molecule has 0 radical (unpaired) electrons. The van der Waals surface area contributed by atoms with Gasteiger partial charge in [-0.05, 0) is 30.0 Å². The summed E-state index contributed by atoms with van der Waals surface area (Å²) < 4.78 is 6.49. The quantitative estimate of drug-likeness (QED) is 0.667. The number of methoxy groups -OCH3 is 1. The van der Waals surface area contributed by atoms with Gasteiger partial charge in [-0.25, -0.2) is 0 Å². The summed E-state index contributed by atoms with van der Waals surface area (Å²) >= 11 is 7.30. The first-order valence-corrected chi connectivity index (χ1v) is 7.10. The average Bonchev–Trinajstić information content (AvgIpc) is 2.28. The van der Waals surface area contributed by atoms with Gasteiger partial charge in [-0.15, -0.1) is 0 Å². The molecule has 0 aliphatic rings. The Morgan fingerprint density at radius 1 is 1.38 bits per heavy atom. The maximum absolute atomic E-state index is 5.41. The van der Waals surface area contributed by atoms with Gasteiger partial charge in [0.05, 0.1) is 7.11 Å². The Morgan fingerprint density at radius 2 is 2.00 bits per heavy atom. The summed E-state index contributed by atoms with van der Waals surface area (Å²) in [5.74, 6) is 0.937. The van der Waals surface area contributed by atoms with Gasteiger partial charge in [-0.2, -0.15) is 0 Å². The lowest BCUT2D eigenvalue weighted by molar-refractivity contribution is 0.334. The summed E-state index contributed by atoms with van der Waals surface area (Å²) in [5, 5.41) is 0. The van der Waals surface area contributed by atoms with Crippen LogP contribution in [0, 0.1) is 5.41 Å². The number of halogens is 2. The second-order valence-electron chi connectivity index (χ2n) is 4.59. The summed E-state index contributed by atoms with van der Waals surface area (Å²) in [7, 11) is 1.71. The fraction of sp³-hybridized carbons (Fsp3) is 0.538. The summed E-state index contributed by atoms with van der Waals surface area (Å²) in [6.07, 6.45) is 1.11. The van der Waals surface area contributed by atoms with Crippen LogP contribution in [0.2, 0.25) is 0 Å². The van der Waals surface area contributed by atoms with Crippen LogP contribution in [-0.2, 0) is 0 Å². The van der Waals surface area contributed by atoms with Gasteiger partial charge in [0, 0.05) is 14.9 Å². The molecule has 16 heavy (non-hydrogen) atoms. The number of hydrogen-bond donors (Lipinski definition) is 0. The van der Waals surface area contributed by atoms with E-state index in [1.807, 2.05) is 12.1 Å². The van der Waals surface area contributed by atoms with Crippen LogP contribution in [0.3, 0.4) is 0 Å². The molecule has 0 spiro atoms. The van der Waals surface area contributed by atoms with Crippen LogP contribution in [-0.4, -0.2) is 7.11 Å². The molecular formula is C13H18Br2O. The number of ether oxygens (including phenoxy) is 1. The molecule has 1 nitrogen and oxygen atoms in total. The number of alkyl halides is 1. The Morgan fingerprint density at radius 3 is 2.50 bits per heavy atom. The third-order valence-corrected chi connectivity index (χ3v) is 5.29. The smallest absolute Gasteiger partial charge is 0.123 e. The predicted octanol–water partition coefficient (Wildman–Crippen LogP) is 5.33. The Bertz CT molecular complexity index is 361. The third kappa shape index (κ3) is 3.01. The van der Waals surface area contributed by atoms with E-state index in [9.17, 15) is 0 Å². The SMILES string of the molecule is CCC(C)(C)C(Br)c1cc(Br)ccc1OC. The average molecular weight is 350 g/mol. The van der Waals surface area contributed by atoms with Crippen LogP contribution in [0.15, 0.2) is 22.7 Å². The van der Waals surface area contributed by atoms with Gasteiger partial charge in [-0.1, -0.05) is 52.6 Å². The highest BCUT2D eigenvalue weighted by Gasteiger charge is 2.29. The zero-order valence-corrected chi connectivity index (χ0v) is 13.4. The molecule has 1 atom stereocenters. The normalized spacial score (nSPS) is 13.6. The van der Waals surface area contributed by atoms with Crippen molar-refractivity contribution < 1.29 is 4.74 Å². The highest BCUT2D eigenvalue weighted by Crippen LogP contribution is 2.46. The lowest BCUT2D eigenvalue weighted by Gasteiger charge is -2.30. The molecule has 90 valence electrons. The van der Waals surface area contributed by atoms with Crippen molar-refractivity contribution in [1.29, 1.82) is 0 Å². The molecule has 0 amide bonds. The predicted molar refractivity (Wildman–Crippen MR) is 76.4 cm³/mol. The van der Waals surface area contributed by atoms with Crippen LogP contribution in [0.4, 0.5) is 0 Å². The number of rotatable bonds is 4. The first-order valence-electron chi connectivity index (χ1n) is 5.40. The van der Waals surface area contributed by atoms with E-state index < -0.39 is 0 Å². The standard InChI is InChI=1S/C13H18Br2O/c1-5-13(2,3)12(15)10-8-9(14)6-7-11(10)16-4/h6-8,12H,5H2,1-4H3. The van der Waals surface area contributed by atoms with E-state index in [-0.39, 0.29) is 10.2 Å². The van der Waals surface area contributed by atoms with Gasteiger partial charge < -0.3 is 4.74 Å². The van der Waals surface area contributed by atoms with Crippen LogP contribution >= 0.6 is 31.9 Å². The minimum Gasteiger partial charge on any atom is -0.496 e. The van der Waals surface area contributed by atoms with Crippen molar-refractivity contribution in [3.8, 4) is 5.75 Å². The van der Waals surface area contributed by atoms with E-state index in [1.54, 1.807) is 7.11 Å². The van der Waals surface area contributed by atoms with E-state index in [2.05, 4.69) is 58.7 Å². The molecule has 1 unspecified atom stereocenters. The number of benzene rings is 1. The largest absolute Gasteiger partial charge is 0.496 e. The van der Waals surface area contributed by atoms with Crippen molar-refractivity contribution in [2.45, 2.75) is 32.0 Å². The van der Waals surface area contributed by atoms with E-state index in [0.717, 1.165) is 16.6 Å². The fourth-order valence-electron chi connectivity index (χ4n) is 1.50. The van der Waals surface area contributed by atoms with E-state index in [0.29, 0.717) is 0 Å². The molecule has 1 rings (SSSR count). The van der Waals surface area contributed by atoms with Crippen molar-refractivity contribution >= 4 is 31.9 Å². The fourth-order valence-corrected chi connectivity index (χ4v) is 2.56. The van der Waals surface area contributed by atoms with Gasteiger partial charge in [0.25, 0.3) is 0 Å². The first-order chi connectivity index (χ1) is 7.42. The Kier molecular flexibility index (Phi) is 4.87. The second-order valence-corrected chi connectivity index (χ2v) is 6.42. The zero-order valence-electron chi connectivity index (χ0n) is 10.2. The monoisotopic (exact) mass is 348 g/mol. The van der Waals surface area contributed by atoms with Gasteiger partial charge in [0.15, 0.2) is 0 Å². The summed E-state index contributed by atoms with van der Waals surface area (Å²) in [6, 6.07) is 6.12. The molecule has 1 aromatic carbocycles. The Hall–Kier alpha value is -0.0200. The molecule has 0 aliphatic carbocycles. The van der Waals surface area contributed by atoms with Crippen molar-refractivity contribution in [2.24, 2.45) is 5.41 Å². The van der Waals surface area contributed by atoms with Gasteiger partial charge in [0.1, 0.15) is 5.75 Å². The lowest BCUT2D eigenvalue weighted by atomic mass is 9.83. The summed E-state index contributed by atoms with van der Waals surface area (Å²) in [6.45, 7) is 6.72. The first kappa shape index (κ1) is 14.0. The van der Waals surface area contributed by atoms with Crippen LogP contribution in [0.5, 0.6) is 5.75 Å². The highest BCUT2D eigenvalue weighted by atomic mass is 79.9. The Labute approximate surface area is 115 Å². The maximum Gasteiger partial charge on any atom is 0.123 e. The third-order valence-electron chi connectivity index (χ3n) is 3.06. The molecule has 0 saturated carbocycles. The minimum atomic E-state index is 0.202. The molecule has 0 aromatic heterocycles. The summed E-state index contributed by atoms with van der Waals surface area (Å²) in [5.41, 5.74) is 1.40. The molecule has 0 heterocycles. The highest BCUT2D eigenvalue weighted by molar-refractivity contribution is 9.10. The van der Waals surface area contributed by atoms with Crippen LogP contribution < -0.4 is 4.74 Å². The van der Waals surface area contributed by atoms with Crippen molar-refractivity contribution in [2.75, 3.05) is 7.11 Å². The molecule has 0 saturated heterocycles. The van der Waals surface area contributed by atoms with Crippen LogP contribution in [0.25, 0.3) is 0 Å². The van der Waals surface area contributed by atoms with Crippen molar-refractivity contribution in [3.05, 3.63) is 28.2 Å². The van der Waals surface area contributed by atoms with E-state index >= 15 is 0 Å². The van der Waals surface area contributed by atoms with Gasteiger partial charge in [-0.3, -0.25) is 0 Å². The second kappa shape index (κ2) is 5.54. The van der Waals surface area contributed by atoms with E-state index in [1.165, 1.54) is 5.56 Å². The molecule has 0 aliphatic heterocycles.